The summed E-state index contributed by atoms with van der Waals surface area (Å²) in [5.74, 6) is 1.55. The molecule has 0 fully saturated rings. The van der Waals surface area contributed by atoms with Crippen LogP contribution in [0.4, 0.5) is 0 Å². The molecule has 4 heterocycles. The van der Waals surface area contributed by atoms with E-state index in [1.165, 1.54) is 5.39 Å². The average Bonchev–Trinajstić information content (AvgIpc) is 3.90. The SMILES string of the molecule is c1ccc(-c2cc(-c3ccccc3)nc(-c3cccc(-c4ccc5c(c4)nc4n(-c6ccccc6)c6c7ccccc7n(-c7ccccc7)c6n54)c3)n2)cc1. The molecule has 4 aromatic heterocycles. The molecular formula is C49H32N6. The summed E-state index contributed by atoms with van der Waals surface area (Å²) in [6, 6.07) is 67.6. The summed E-state index contributed by atoms with van der Waals surface area (Å²) < 4.78 is 6.99. The van der Waals surface area contributed by atoms with Crippen molar-refractivity contribution in [3.63, 3.8) is 0 Å². The summed E-state index contributed by atoms with van der Waals surface area (Å²) in [5, 5.41) is 1.17. The Balaban J connectivity index is 1.10. The molecule has 0 aliphatic heterocycles. The average molecular weight is 705 g/mol. The molecule has 0 saturated heterocycles. The third-order valence-corrected chi connectivity index (χ3v) is 10.4. The van der Waals surface area contributed by atoms with Crippen molar-refractivity contribution >= 4 is 38.9 Å². The predicted octanol–water partition coefficient (Wildman–Crippen LogP) is 11.8. The Morgan fingerprint density at radius 2 is 0.909 bits per heavy atom. The van der Waals surface area contributed by atoms with Gasteiger partial charge in [-0.05, 0) is 65.7 Å². The summed E-state index contributed by atoms with van der Waals surface area (Å²) >= 11 is 0. The van der Waals surface area contributed by atoms with Crippen LogP contribution in [0, 0.1) is 0 Å². The Morgan fingerprint density at radius 3 is 1.58 bits per heavy atom. The van der Waals surface area contributed by atoms with Crippen LogP contribution in [0.3, 0.4) is 0 Å². The number of imidazole rings is 2. The smallest absolute Gasteiger partial charge is 0.221 e. The fraction of sp³-hybridized carbons (Fsp3) is 0. The number of aromatic nitrogens is 6. The van der Waals surface area contributed by atoms with E-state index in [9.17, 15) is 0 Å². The van der Waals surface area contributed by atoms with Crippen LogP contribution in [0.25, 0.3) is 95.3 Å². The summed E-state index contributed by atoms with van der Waals surface area (Å²) in [7, 11) is 0. The van der Waals surface area contributed by atoms with Gasteiger partial charge >= 0.3 is 0 Å². The van der Waals surface area contributed by atoms with E-state index in [2.05, 4.69) is 171 Å². The van der Waals surface area contributed by atoms with Crippen LogP contribution in [0.2, 0.25) is 0 Å². The number of fused-ring (bicyclic) bond motifs is 7. The third kappa shape index (κ3) is 5.07. The molecule has 0 bridgehead atoms. The molecule has 0 N–H and O–H groups in total. The van der Waals surface area contributed by atoms with E-state index in [4.69, 9.17) is 15.0 Å². The van der Waals surface area contributed by atoms with Gasteiger partial charge in [-0.1, -0.05) is 140 Å². The normalized spacial score (nSPS) is 11.6. The molecule has 11 rings (SSSR count). The standard InChI is InChI=1S/C49H32N6/c1-5-16-33(17-6-1)41-32-42(34-18-7-2-8-19-34)51-47(50-41)37-21-15-20-35(30-37)36-28-29-45-43(31-36)52-49-54(39-24-11-4-12-25-39)46-40-26-13-14-27-44(40)53(48(46)55(45)49)38-22-9-3-10-23-38/h1-32H. The van der Waals surface area contributed by atoms with E-state index in [0.717, 1.165) is 84.1 Å². The highest BCUT2D eigenvalue weighted by Gasteiger charge is 2.25. The fourth-order valence-corrected chi connectivity index (χ4v) is 7.93. The van der Waals surface area contributed by atoms with E-state index in [0.29, 0.717) is 5.82 Å². The van der Waals surface area contributed by atoms with Crippen molar-refractivity contribution in [2.24, 2.45) is 0 Å². The molecule has 0 radical (unpaired) electrons. The number of rotatable bonds is 6. The Bertz CT molecular complexity index is 3120. The molecule has 55 heavy (non-hydrogen) atoms. The lowest BCUT2D eigenvalue weighted by atomic mass is 10.0. The number of para-hydroxylation sites is 3. The van der Waals surface area contributed by atoms with Crippen LogP contribution in [-0.2, 0) is 0 Å². The second kappa shape index (κ2) is 12.5. The van der Waals surface area contributed by atoms with Crippen LogP contribution in [0.15, 0.2) is 194 Å². The van der Waals surface area contributed by atoms with Crippen LogP contribution in [0.5, 0.6) is 0 Å². The second-order valence-corrected chi connectivity index (χ2v) is 13.8. The molecule has 0 atom stereocenters. The topological polar surface area (TPSA) is 52.9 Å². The summed E-state index contributed by atoms with van der Waals surface area (Å²) in [5.41, 5.74) is 14.5. The summed E-state index contributed by atoms with van der Waals surface area (Å²) in [6.45, 7) is 0. The minimum absolute atomic E-state index is 0.684. The minimum atomic E-state index is 0.684. The molecule has 0 aliphatic rings. The maximum absolute atomic E-state index is 5.39. The Kier molecular flexibility index (Phi) is 7.07. The van der Waals surface area contributed by atoms with E-state index in [-0.39, 0.29) is 0 Å². The highest BCUT2D eigenvalue weighted by atomic mass is 15.3. The third-order valence-electron chi connectivity index (χ3n) is 10.4. The summed E-state index contributed by atoms with van der Waals surface area (Å²) in [4.78, 5) is 15.6. The molecule has 258 valence electrons. The lowest BCUT2D eigenvalue weighted by Crippen LogP contribution is -1.97. The predicted molar refractivity (Wildman–Crippen MR) is 224 cm³/mol. The Hall–Kier alpha value is -7.57. The van der Waals surface area contributed by atoms with Gasteiger partial charge in [-0.3, -0.25) is 13.5 Å². The van der Waals surface area contributed by atoms with E-state index < -0.39 is 0 Å². The Labute approximate surface area is 316 Å². The van der Waals surface area contributed by atoms with Crippen LogP contribution < -0.4 is 0 Å². The quantitative estimate of drug-likeness (QED) is 0.173. The zero-order valence-corrected chi connectivity index (χ0v) is 29.7. The lowest BCUT2D eigenvalue weighted by molar-refractivity contribution is 1.09. The molecule has 0 spiro atoms. The molecule has 0 amide bonds. The van der Waals surface area contributed by atoms with Crippen molar-refractivity contribution in [2.75, 3.05) is 0 Å². The molecule has 11 aromatic rings. The first-order chi connectivity index (χ1) is 27.3. The van der Waals surface area contributed by atoms with Crippen molar-refractivity contribution in [1.29, 1.82) is 0 Å². The lowest BCUT2D eigenvalue weighted by Gasteiger charge is -2.10. The molecule has 0 unspecified atom stereocenters. The van der Waals surface area contributed by atoms with Gasteiger partial charge in [-0.15, -0.1) is 0 Å². The molecule has 6 nitrogen and oxygen atoms in total. The maximum Gasteiger partial charge on any atom is 0.221 e. The van der Waals surface area contributed by atoms with Gasteiger partial charge in [-0.2, -0.15) is 0 Å². The van der Waals surface area contributed by atoms with Gasteiger partial charge in [0.1, 0.15) is 5.52 Å². The van der Waals surface area contributed by atoms with E-state index in [1.807, 2.05) is 36.4 Å². The van der Waals surface area contributed by atoms with E-state index >= 15 is 0 Å². The fourth-order valence-electron chi connectivity index (χ4n) is 7.93. The van der Waals surface area contributed by atoms with Gasteiger partial charge in [0.05, 0.1) is 27.9 Å². The number of hydrogen-bond acceptors (Lipinski definition) is 3. The van der Waals surface area contributed by atoms with Crippen molar-refractivity contribution < 1.29 is 0 Å². The van der Waals surface area contributed by atoms with Crippen LogP contribution in [-0.4, -0.2) is 28.5 Å². The monoisotopic (exact) mass is 704 g/mol. The van der Waals surface area contributed by atoms with Crippen LogP contribution >= 0.6 is 0 Å². The molecular weight excluding hydrogens is 673 g/mol. The number of nitrogens with zero attached hydrogens (tertiary/aromatic N) is 6. The van der Waals surface area contributed by atoms with Gasteiger partial charge in [0.2, 0.25) is 5.78 Å². The van der Waals surface area contributed by atoms with Gasteiger partial charge < -0.3 is 0 Å². The van der Waals surface area contributed by atoms with Gasteiger partial charge in [0.15, 0.2) is 11.5 Å². The van der Waals surface area contributed by atoms with Crippen molar-refractivity contribution in [2.45, 2.75) is 0 Å². The molecule has 6 heteroatoms. The van der Waals surface area contributed by atoms with Gasteiger partial charge in [0, 0.05) is 33.5 Å². The molecule has 7 aromatic carbocycles. The zero-order valence-electron chi connectivity index (χ0n) is 29.7. The van der Waals surface area contributed by atoms with Gasteiger partial charge in [-0.25, -0.2) is 15.0 Å². The molecule has 0 aliphatic carbocycles. The highest BCUT2D eigenvalue weighted by Crippen LogP contribution is 2.39. The van der Waals surface area contributed by atoms with E-state index in [1.54, 1.807) is 0 Å². The summed E-state index contributed by atoms with van der Waals surface area (Å²) in [6.07, 6.45) is 0. The van der Waals surface area contributed by atoms with Crippen molar-refractivity contribution in [3.05, 3.63) is 194 Å². The second-order valence-electron chi connectivity index (χ2n) is 13.8. The first-order valence-electron chi connectivity index (χ1n) is 18.5. The largest absolute Gasteiger partial charge is 0.294 e. The number of benzene rings is 7. The van der Waals surface area contributed by atoms with Gasteiger partial charge in [0.25, 0.3) is 0 Å². The first kappa shape index (κ1) is 31.0. The minimum Gasteiger partial charge on any atom is -0.294 e. The first-order valence-corrected chi connectivity index (χ1v) is 18.5. The van der Waals surface area contributed by atoms with Crippen molar-refractivity contribution in [1.82, 2.24) is 28.5 Å². The molecule has 0 saturated carbocycles. The zero-order chi connectivity index (χ0) is 36.3. The van der Waals surface area contributed by atoms with Crippen molar-refractivity contribution in [3.8, 4) is 56.4 Å². The number of hydrogen-bond donors (Lipinski definition) is 0. The van der Waals surface area contributed by atoms with Crippen LogP contribution in [0.1, 0.15) is 0 Å². The maximum atomic E-state index is 5.39. The highest BCUT2D eigenvalue weighted by molar-refractivity contribution is 6.10. The Morgan fingerprint density at radius 1 is 0.364 bits per heavy atom.